The Morgan fingerprint density at radius 2 is 1.74 bits per heavy atom. The highest BCUT2D eigenvalue weighted by Gasteiger charge is 2.29. The molecule has 1 aromatic heterocycles. The lowest BCUT2D eigenvalue weighted by molar-refractivity contribution is -0.121. The van der Waals surface area contributed by atoms with Crippen LogP contribution in [0.25, 0.3) is 11.3 Å². The number of para-hydroxylation sites is 2. The average molecular weight is 556 g/mol. The van der Waals surface area contributed by atoms with Gasteiger partial charge in [0.1, 0.15) is 5.69 Å². The molecule has 0 aliphatic carbocycles. The number of benzene rings is 2. The van der Waals surface area contributed by atoms with E-state index in [1.807, 2.05) is 53.2 Å². The van der Waals surface area contributed by atoms with Crippen LogP contribution in [0.2, 0.25) is 0 Å². The Labute approximate surface area is 227 Å². The van der Waals surface area contributed by atoms with Crippen molar-refractivity contribution in [1.29, 1.82) is 0 Å². The number of unbranched alkanes of at least 4 members (excludes halogenated alkanes) is 2. The van der Waals surface area contributed by atoms with Crippen LogP contribution in [-0.4, -0.2) is 52.5 Å². The molecular weight excluding hydrogens is 521 g/mol. The van der Waals surface area contributed by atoms with Crippen molar-refractivity contribution >= 4 is 31.0 Å². The van der Waals surface area contributed by atoms with Crippen LogP contribution in [0.4, 0.5) is 11.4 Å². The number of amides is 2. The third-order valence-electron chi connectivity index (χ3n) is 6.65. The fourth-order valence-electron chi connectivity index (χ4n) is 4.62. The number of carbonyl (C=O) groups excluding carboxylic acids is 2. The molecule has 0 radical (unpaired) electrons. The van der Waals surface area contributed by atoms with Gasteiger partial charge in [0, 0.05) is 45.5 Å². The van der Waals surface area contributed by atoms with E-state index in [-0.39, 0.29) is 18.4 Å². The molecule has 4 rings (SSSR count). The van der Waals surface area contributed by atoms with Gasteiger partial charge >= 0.3 is 7.82 Å². The molecule has 208 valence electrons. The predicted octanol–water partition coefficient (Wildman–Crippen LogP) is 4.36. The van der Waals surface area contributed by atoms with Gasteiger partial charge in [-0.15, -0.1) is 5.10 Å². The summed E-state index contributed by atoms with van der Waals surface area (Å²) < 4.78 is 22.7. The second kappa shape index (κ2) is 13.1. The Morgan fingerprint density at radius 1 is 1.03 bits per heavy atom. The largest absolute Gasteiger partial charge is 0.471 e. The normalized spacial score (nSPS) is 13.9. The summed E-state index contributed by atoms with van der Waals surface area (Å²) in [6, 6.07) is 15.5. The number of hydrogen-bond acceptors (Lipinski definition) is 7. The van der Waals surface area contributed by atoms with Gasteiger partial charge < -0.3 is 10.2 Å². The third-order valence-corrected chi connectivity index (χ3v) is 7.62. The lowest BCUT2D eigenvalue weighted by Crippen LogP contribution is -2.28. The molecule has 0 fully saturated rings. The van der Waals surface area contributed by atoms with E-state index in [9.17, 15) is 19.0 Å². The number of rotatable bonds is 12. The maximum atomic E-state index is 13.6. The standard InChI is InChI=1S/C27H34N5O6P/c1-28-25(33)15-7-8-16-26(34)32-22-13-5-3-11-20(22)19-24-27(21-12-4-6-14-23(21)32)29-30-31(24)17-9-10-18-38-39(35,36)37-2/h3-6,11-14H,7-10,15-19H2,1-2H3,(H,28,33)(H,35,36). The van der Waals surface area contributed by atoms with Crippen LogP contribution in [0.15, 0.2) is 48.5 Å². The summed E-state index contributed by atoms with van der Waals surface area (Å²) in [6.07, 6.45) is 3.66. The first-order valence-electron chi connectivity index (χ1n) is 13.0. The highest BCUT2D eigenvalue weighted by molar-refractivity contribution is 7.47. The number of hydrogen-bond donors (Lipinski definition) is 2. The summed E-state index contributed by atoms with van der Waals surface area (Å²) in [6.45, 7) is 0.636. The fourth-order valence-corrected chi connectivity index (χ4v) is 5.08. The van der Waals surface area contributed by atoms with Crippen LogP contribution in [0.5, 0.6) is 0 Å². The Morgan fingerprint density at radius 3 is 2.51 bits per heavy atom. The molecule has 3 aromatic rings. The van der Waals surface area contributed by atoms with Gasteiger partial charge in [0.25, 0.3) is 0 Å². The van der Waals surface area contributed by atoms with Gasteiger partial charge in [-0.2, -0.15) is 0 Å². The summed E-state index contributed by atoms with van der Waals surface area (Å²) in [5, 5.41) is 11.6. The van der Waals surface area contributed by atoms with E-state index in [4.69, 9.17) is 4.52 Å². The number of nitrogens with one attached hydrogen (secondary N) is 1. The molecule has 1 atom stereocenters. The predicted molar refractivity (Wildman–Crippen MR) is 146 cm³/mol. The molecule has 1 aliphatic heterocycles. The zero-order valence-electron chi connectivity index (χ0n) is 22.2. The van der Waals surface area contributed by atoms with Gasteiger partial charge in [0.05, 0.1) is 23.7 Å². The zero-order chi connectivity index (χ0) is 27.8. The van der Waals surface area contributed by atoms with E-state index in [1.165, 1.54) is 0 Å². The van der Waals surface area contributed by atoms with Crippen molar-refractivity contribution in [2.24, 2.45) is 0 Å². The van der Waals surface area contributed by atoms with Gasteiger partial charge in [-0.05, 0) is 43.4 Å². The maximum absolute atomic E-state index is 13.6. The molecule has 2 N–H and O–H groups in total. The van der Waals surface area contributed by atoms with E-state index in [0.29, 0.717) is 57.2 Å². The summed E-state index contributed by atoms with van der Waals surface area (Å²) in [7, 11) is -1.25. The number of phosphoric acid groups is 1. The minimum atomic E-state index is -3.99. The van der Waals surface area contributed by atoms with Gasteiger partial charge in [0.2, 0.25) is 11.8 Å². The van der Waals surface area contributed by atoms with Crippen LogP contribution in [0.3, 0.4) is 0 Å². The first-order valence-corrected chi connectivity index (χ1v) is 14.5. The summed E-state index contributed by atoms with van der Waals surface area (Å²) in [5.74, 6) is -0.0733. The number of aromatic nitrogens is 3. The molecule has 2 amide bonds. The number of anilines is 2. The Hall–Kier alpha value is -3.37. The molecule has 0 saturated heterocycles. The van der Waals surface area contributed by atoms with Crippen molar-refractivity contribution in [3.8, 4) is 11.3 Å². The number of fused-ring (bicyclic) bond motifs is 4. The van der Waals surface area contributed by atoms with Gasteiger partial charge in [-0.25, -0.2) is 9.25 Å². The van der Waals surface area contributed by atoms with Crippen molar-refractivity contribution < 1.29 is 28.1 Å². The molecule has 0 spiro atoms. The molecular formula is C27H34N5O6P. The lowest BCUT2D eigenvalue weighted by Gasteiger charge is -2.29. The van der Waals surface area contributed by atoms with E-state index in [2.05, 4.69) is 20.2 Å². The third kappa shape index (κ3) is 6.99. The second-order valence-corrected chi connectivity index (χ2v) is 10.8. The molecule has 2 heterocycles. The Balaban J connectivity index is 1.59. The van der Waals surface area contributed by atoms with Gasteiger partial charge in [-0.3, -0.25) is 23.5 Å². The smallest absolute Gasteiger partial charge is 0.359 e. The van der Waals surface area contributed by atoms with E-state index < -0.39 is 7.82 Å². The molecule has 1 unspecified atom stereocenters. The number of aryl methyl sites for hydroxylation is 1. The van der Waals surface area contributed by atoms with Crippen molar-refractivity contribution in [2.75, 3.05) is 25.7 Å². The summed E-state index contributed by atoms with van der Waals surface area (Å²) in [5.41, 5.74) is 4.98. The Kier molecular flexibility index (Phi) is 9.63. The van der Waals surface area contributed by atoms with E-state index in [0.717, 1.165) is 35.3 Å². The number of carbonyl (C=O) groups is 2. The van der Waals surface area contributed by atoms with Crippen LogP contribution in [-0.2, 0) is 36.2 Å². The molecule has 12 heteroatoms. The van der Waals surface area contributed by atoms with Crippen molar-refractivity contribution in [3.63, 3.8) is 0 Å². The van der Waals surface area contributed by atoms with Crippen LogP contribution in [0.1, 0.15) is 49.8 Å². The number of phosphoric ester groups is 1. The minimum absolute atomic E-state index is 0.0316. The molecule has 39 heavy (non-hydrogen) atoms. The van der Waals surface area contributed by atoms with Gasteiger partial charge in [0.15, 0.2) is 0 Å². The second-order valence-electron chi connectivity index (χ2n) is 9.23. The maximum Gasteiger partial charge on any atom is 0.471 e. The SMILES string of the molecule is CNC(=O)CCCCC(=O)N1c2ccccc2Cc2c(nnn2CCCCOP(=O)(O)OC)-c2ccccc21. The first-order chi connectivity index (χ1) is 18.8. The average Bonchev–Trinajstić information content (AvgIpc) is 3.32. The lowest BCUT2D eigenvalue weighted by atomic mass is 9.96. The fraction of sp³-hybridized carbons (Fsp3) is 0.407. The monoisotopic (exact) mass is 555 g/mol. The van der Waals surface area contributed by atoms with E-state index >= 15 is 0 Å². The topological polar surface area (TPSA) is 136 Å². The van der Waals surface area contributed by atoms with Crippen LogP contribution < -0.4 is 10.2 Å². The minimum Gasteiger partial charge on any atom is -0.359 e. The molecule has 2 aromatic carbocycles. The van der Waals surface area contributed by atoms with Gasteiger partial charge in [-0.1, -0.05) is 41.6 Å². The number of nitrogens with zero attached hydrogens (tertiary/aromatic N) is 4. The van der Waals surface area contributed by atoms with E-state index in [1.54, 1.807) is 11.9 Å². The first kappa shape index (κ1) is 28.6. The highest BCUT2D eigenvalue weighted by atomic mass is 31.2. The summed E-state index contributed by atoms with van der Waals surface area (Å²) >= 11 is 0. The van der Waals surface area contributed by atoms with Crippen molar-refractivity contribution in [2.45, 2.75) is 51.5 Å². The molecule has 1 aliphatic rings. The van der Waals surface area contributed by atoms with Crippen LogP contribution in [0, 0.1) is 0 Å². The quantitative estimate of drug-likeness (QED) is 0.249. The Bertz CT molecular complexity index is 1360. The zero-order valence-corrected chi connectivity index (χ0v) is 23.1. The summed E-state index contributed by atoms with van der Waals surface area (Å²) in [4.78, 5) is 36.4. The molecule has 0 saturated carbocycles. The molecule has 0 bridgehead atoms. The van der Waals surface area contributed by atoms with Crippen molar-refractivity contribution in [3.05, 3.63) is 59.8 Å². The van der Waals surface area contributed by atoms with Crippen LogP contribution >= 0.6 is 7.82 Å². The highest BCUT2D eigenvalue weighted by Crippen LogP contribution is 2.43. The van der Waals surface area contributed by atoms with Crippen molar-refractivity contribution in [1.82, 2.24) is 20.3 Å². The molecule has 11 nitrogen and oxygen atoms in total.